The lowest BCUT2D eigenvalue weighted by atomic mass is 10.1. The van der Waals surface area contributed by atoms with Gasteiger partial charge in [-0.3, -0.25) is 19.5 Å². The Morgan fingerprint density at radius 3 is 2.59 bits per heavy atom. The van der Waals surface area contributed by atoms with Crippen molar-refractivity contribution in [3.05, 3.63) is 80.8 Å². The predicted molar refractivity (Wildman–Crippen MR) is 110 cm³/mol. The summed E-state index contributed by atoms with van der Waals surface area (Å²) in [5.74, 6) is -0.297. The van der Waals surface area contributed by atoms with Gasteiger partial charge in [-0.05, 0) is 31.0 Å². The van der Waals surface area contributed by atoms with Gasteiger partial charge in [0.15, 0.2) is 5.16 Å². The van der Waals surface area contributed by atoms with Crippen LogP contribution in [0.2, 0.25) is 0 Å². The highest BCUT2D eigenvalue weighted by atomic mass is 32.2. The van der Waals surface area contributed by atoms with E-state index in [1.54, 1.807) is 6.92 Å². The number of thioether (sulfide) groups is 1. The van der Waals surface area contributed by atoms with E-state index in [4.69, 9.17) is 0 Å². The van der Waals surface area contributed by atoms with Crippen LogP contribution in [-0.4, -0.2) is 30.8 Å². The number of rotatable bonds is 8. The number of aryl methyl sites for hydroxylation is 1. The first-order valence-corrected chi connectivity index (χ1v) is 9.73. The second-order valence-corrected chi connectivity index (χ2v) is 7.56. The lowest BCUT2D eigenvalue weighted by Gasteiger charge is -2.12. The summed E-state index contributed by atoms with van der Waals surface area (Å²) in [6, 6.07) is 15.4. The van der Waals surface area contributed by atoms with Crippen LogP contribution in [0.5, 0.6) is 0 Å². The Bertz CT molecular complexity index is 1050. The van der Waals surface area contributed by atoms with Crippen molar-refractivity contribution in [1.82, 2.24) is 14.8 Å². The molecule has 1 aromatic heterocycles. The number of hydrogen-bond donors (Lipinski definition) is 2. The minimum absolute atomic E-state index is 0.0515. The molecule has 0 fully saturated rings. The summed E-state index contributed by atoms with van der Waals surface area (Å²) in [5, 5.41) is 19.7. The monoisotopic (exact) mass is 413 g/mol. The molecule has 1 unspecified atom stereocenters. The van der Waals surface area contributed by atoms with E-state index in [1.165, 1.54) is 28.8 Å². The normalized spacial score (nSPS) is 11.8. The Balaban J connectivity index is 1.62. The van der Waals surface area contributed by atoms with E-state index in [1.807, 2.05) is 30.3 Å². The molecule has 0 bridgehead atoms. The van der Waals surface area contributed by atoms with Crippen molar-refractivity contribution in [2.45, 2.75) is 30.3 Å². The fourth-order valence-corrected chi connectivity index (χ4v) is 3.48. The zero-order valence-electron chi connectivity index (χ0n) is 15.6. The summed E-state index contributed by atoms with van der Waals surface area (Å²) >= 11 is 1.16. The number of hydrogen-bond acceptors (Lipinski definition) is 6. The molecule has 3 rings (SSSR count). The fourth-order valence-electron chi connectivity index (χ4n) is 2.60. The SMILES string of the molecule is CC(Sc1n[nH]c(=O)n1CCc1ccccc1)C(=O)Nc1ccc([N+](=O)[O-])cc1. The van der Waals surface area contributed by atoms with Gasteiger partial charge in [-0.2, -0.15) is 0 Å². The van der Waals surface area contributed by atoms with Gasteiger partial charge in [-0.25, -0.2) is 9.89 Å². The molecule has 0 saturated heterocycles. The highest BCUT2D eigenvalue weighted by Crippen LogP contribution is 2.22. The third-order valence-corrected chi connectivity index (χ3v) is 5.28. The molecule has 0 saturated carbocycles. The first-order valence-electron chi connectivity index (χ1n) is 8.85. The van der Waals surface area contributed by atoms with Gasteiger partial charge < -0.3 is 5.32 Å². The van der Waals surface area contributed by atoms with Gasteiger partial charge in [0.1, 0.15) is 0 Å². The van der Waals surface area contributed by atoms with E-state index in [2.05, 4.69) is 15.5 Å². The molecule has 0 aliphatic carbocycles. The van der Waals surface area contributed by atoms with Crippen molar-refractivity contribution in [2.75, 3.05) is 5.32 Å². The zero-order chi connectivity index (χ0) is 20.8. The van der Waals surface area contributed by atoms with Crippen LogP contribution in [0, 0.1) is 10.1 Å². The molecule has 2 N–H and O–H groups in total. The van der Waals surface area contributed by atoms with Crippen LogP contribution >= 0.6 is 11.8 Å². The lowest BCUT2D eigenvalue weighted by molar-refractivity contribution is -0.384. The highest BCUT2D eigenvalue weighted by Gasteiger charge is 2.19. The first-order chi connectivity index (χ1) is 13.9. The molecule has 1 amide bonds. The number of aromatic amines is 1. The van der Waals surface area contributed by atoms with Crippen LogP contribution in [0.3, 0.4) is 0 Å². The third-order valence-electron chi connectivity index (χ3n) is 4.19. The first kappa shape index (κ1) is 20.3. The van der Waals surface area contributed by atoms with Crippen LogP contribution in [0.25, 0.3) is 0 Å². The standard InChI is InChI=1S/C19H19N5O4S/c1-13(17(25)20-15-7-9-16(10-8-15)24(27)28)29-19-22-21-18(26)23(19)12-11-14-5-3-2-4-6-14/h2-10,13H,11-12H2,1H3,(H,20,25)(H,21,26). The van der Waals surface area contributed by atoms with E-state index in [0.717, 1.165) is 17.3 Å². The number of non-ortho nitro benzene ring substituents is 1. The van der Waals surface area contributed by atoms with Crippen LogP contribution < -0.4 is 11.0 Å². The molecule has 2 aromatic carbocycles. The number of aromatic nitrogens is 3. The average molecular weight is 413 g/mol. The minimum Gasteiger partial charge on any atom is -0.325 e. The Labute approximate surface area is 170 Å². The molecule has 1 atom stereocenters. The van der Waals surface area contributed by atoms with Crippen LogP contribution in [0.4, 0.5) is 11.4 Å². The Morgan fingerprint density at radius 1 is 1.24 bits per heavy atom. The summed E-state index contributed by atoms with van der Waals surface area (Å²) in [5.41, 5.74) is 1.17. The van der Waals surface area contributed by atoms with Crippen LogP contribution in [-0.2, 0) is 17.8 Å². The summed E-state index contributed by atoms with van der Waals surface area (Å²) in [6.07, 6.45) is 0.664. The third kappa shape index (κ3) is 5.32. The quantitative estimate of drug-likeness (QED) is 0.333. The molecular formula is C19H19N5O4S. The van der Waals surface area contributed by atoms with E-state index < -0.39 is 10.2 Å². The Hall–Kier alpha value is -3.40. The van der Waals surface area contributed by atoms with Gasteiger partial charge in [-0.15, -0.1) is 5.10 Å². The number of benzene rings is 2. The van der Waals surface area contributed by atoms with Crippen LogP contribution in [0.1, 0.15) is 12.5 Å². The summed E-state index contributed by atoms with van der Waals surface area (Å²) in [7, 11) is 0. The number of carbonyl (C=O) groups is 1. The average Bonchev–Trinajstić information content (AvgIpc) is 3.06. The molecule has 0 spiro atoms. The van der Waals surface area contributed by atoms with Gasteiger partial charge in [0.25, 0.3) is 5.69 Å². The number of nitrogens with zero attached hydrogens (tertiary/aromatic N) is 3. The van der Waals surface area contributed by atoms with Crippen molar-refractivity contribution in [2.24, 2.45) is 0 Å². The molecule has 3 aromatic rings. The lowest BCUT2D eigenvalue weighted by Crippen LogP contribution is -2.24. The zero-order valence-corrected chi connectivity index (χ0v) is 16.4. The molecule has 0 radical (unpaired) electrons. The number of nitro benzene ring substituents is 1. The Morgan fingerprint density at radius 2 is 1.93 bits per heavy atom. The highest BCUT2D eigenvalue weighted by molar-refractivity contribution is 8.00. The minimum atomic E-state index is -0.532. The van der Waals surface area contributed by atoms with Gasteiger partial charge in [0.2, 0.25) is 5.91 Å². The number of anilines is 1. The molecule has 0 aliphatic heterocycles. The molecule has 0 aliphatic rings. The summed E-state index contributed by atoms with van der Waals surface area (Å²) < 4.78 is 1.51. The molecule has 1 heterocycles. The smallest absolute Gasteiger partial charge is 0.325 e. The fraction of sp³-hybridized carbons (Fsp3) is 0.211. The maximum Gasteiger partial charge on any atom is 0.343 e. The van der Waals surface area contributed by atoms with Crippen molar-refractivity contribution < 1.29 is 9.72 Å². The number of nitro groups is 1. The van der Waals surface area contributed by atoms with Gasteiger partial charge >= 0.3 is 5.69 Å². The number of nitrogens with one attached hydrogen (secondary N) is 2. The van der Waals surface area contributed by atoms with Crippen LogP contribution in [0.15, 0.2) is 64.5 Å². The summed E-state index contributed by atoms with van der Waals surface area (Å²) in [4.78, 5) is 34.7. The van der Waals surface area contributed by atoms with Gasteiger partial charge in [0.05, 0.1) is 10.2 Å². The van der Waals surface area contributed by atoms with Crippen molar-refractivity contribution in [1.29, 1.82) is 0 Å². The molecule has 29 heavy (non-hydrogen) atoms. The van der Waals surface area contributed by atoms with E-state index in [-0.39, 0.29) is 17.3 Å². The second kappa shape index (κ2) is 9.20. The number of amides is 1. The molecule has 9 nitrogen and oxygen atoms in total. The topological polar surface area (TPSA) is 123 Å². The molecule has 10 heteroatoms. The van der Waals surface area contributed by atoms with Crippen molar-refractivity contribution in [3.8, 4) is 0 Å². The summed E-state index contributed by atoms with van der Waals surface area (Å²) in [6.45, 7) is 2.14. The molecular weight excluding hydrogens is 394 g/mol. The largest absolute Gasteiger partial charge is 0.343 e. The molecule has 150 valence electrons. The number of H-pyrrole nitrogens is 1. The maximum atomic E-state index is 12.4. The van der Waals surface area contributed by atoms with Crippen molar-refractivity contribution >= 4 is 29.0 Å². The second-order valence-electron chi connectivity index (χ2n) is 6.25. The van der Waals surface area contributed by atoms with E-state index in [9.17, 15) is 19.7 Å². The van der Waals surface area contributed by atoms with Crippen molar-refractivity contribution in [3.63, 3.8) is 0 Å². The van der Waals surface area contributed by atoms with E-state index >= 15 is 0 Å². The predicted octanol–water partition coefficient (Wildman–Crippen LogP) is 2.84. The number of carbonyl (C=O) groups excluding carboxylic acids is 1. The maximum absolute atomic E-state index is 12.4. The Kier molecular flexibility index (Phi) is 6.45. The van der Waals surface area contributed by atoms with E-state index in [0.29, 0.717) is 23.8 Å². The van der Waals surface area contributed by atoms with Gasteiger partial charge in [-0.1, -0.05) is 42.1 Å². The van der Waals surface area contributed by atoms with Gasteiger partial charge in [0, 0.05) is 24.4 Å².